The molecular weight excluding hydrogens is 378 g/mol. The van der Waals surface area contributed by atoms with Gasteiger partial charge in [-0.15, -0.1) is 0 Å². The van der Waals surface area contributed by atoms with Crippen molar-refractivity contribution in [3.05, 3.63) is 32.7 Å². The normalized spacial score (nSPS) is 11.4. The number of rotatable bonds is 6. The van der Waals surface area contributed by atoms with E-state index < -0.39 is 0 Å². The van der Waals surface area contributed by atoms with Crippen LogP contribution in [0.1, 0.15) is 29.6 Å². The van der Waals surface area contributed by atoms with Crippen LogP contribution in [0.4, 0.5) is 0 Å². The van der Waals surface area contributed by atoms with Gasteiger partial charge in [-0.1, -0.05) is 21.1 Å². The van der Waals surface area contributed by atoms with E-state index >= 15 is 0 Å². The Morgan fingerprint density at radius 2 is 2.11 bits per heavy atom. The summed E-state index contributed by atoms with van der Waals surface area (Å²) >= 11 is 6.68. The summed E-state index contributed by atoms with van der Waals surface area (Å²) in [4.78, 5) is 11.9. The fourth-order valence-corrected chi connectivity index (χ4v) is 2.68. The van der Waals surface area contributed by atoms with Gasteiger partial charge in [-0.2, -0.15) is 0 Å². The minimum absolute atomic E-state index is 0.122. The van der Waals surface area contributed by atoms with Gasteiger partial charge in [0, 0.05) is 21.9 Å². The summed E-state index contributed by atoms with van der Waals surface area (Å²) in [5, 5.41) is 14.1. The molecule has 104 valence electrons. The highest BCUT2D eigenvalue weighted by molar-refractivity contribution is 9.11. The Morgan fingerprint density at radius 3 is 2.74 bits per heavy atom. The average molecular weight is 393 g/mol. The molecule has 0 saturated carbocycles. The van der Waals surface area contributed by atoms with Crippen LogP contribution in [0.15, 0.2) is 32.3 Å². The van der Waals surface area contributed by atoms with Crippen LogP contribution < -0.4 is 11.1 Å². The van der Waals surface area contributed by atoms with Crippen molar-refractivity contribution in [2.24, 2.45) is 10.9 Å². The number of amidine groups is 1. The molecule has 1 aromatic carbocycles. The summed E-state index contributed by atoms with van der Waals surface area (Å²) < 4.78 is 1.66. The van der Waals surface area contributed by atoms with Gasteiger partial charge < -0.3 is 16.3 Å². The van der Waals surface area contributed by atoms with Gasteiger partial charge in [0.25, 0.3) is 5.91 Å². The number of nitrogens with one attached hydrogen (secondary N) is 1. The molecule has 0 fully saturated rings. The van der Waals surface area contributed by atoms with Crippen LogP contribution >= 0.6 is 31.9 Å². The second kappa shape index (κ2) is 8.16. The minimum atomic E-state index is -0.122. The van der Waals surface area contributed by atoms with E-state index in [4.69, 9.17) is 10.9 Å². The number of benzene rings is 1. The lowest BCUT2D eigenvalue weighted by Crippen LogP contribution is -2.25. The van der Waals surface area contributed by atoms with Crippen LogP contribution in [0.2, 0.25) is 0 Å². The van der Waals surface area contributed by atoms with E-state index in [1.807, 2.05) is 12.1 Å². The molecule has 1 amide bonds. The van der Waals surface area contributed by atoms with E-state index in [2.05, 4.69) is 42.3 Å². The molecule has 0 heterocycles. The van der Waals surface area contributed by atoms with Crippen molar-refractivity contribution in [3.63, 3.8) is 0 Å². The molecule has 0 saturated heterocycles. The number of carbonyl (C=O) groups excluding carboxylic acids is 1. The summed E-state index contributed by atoms with van der Waals surface area (Å²) in [5.41, 5.74) is 5.94. The average Bonchev–Trinajstić information content (AvgIpc) is 2.37. The molecule has 1 rings (SSSR count). The smallest absolute Gasteiger partial charge is 0.252 e. The van der Waals surface area contributed by atoms with E-state index in [0.29, 0.717) is 18.5 Å². The lowest BCUT2D eigenvalue weighted by molar-refractivity contribution is 0.0952. The Bertz CT molecular complexity index is 478. The van der Waals surface area contributed by atoms with Crippen LogP contribution in [0, 0.1) is 0 Å². The lowest BCUT2D eigenvalue weighted by Gasteiger charge is -2.07. The number of nitrogens with zero attached hydrogens (tertiary/aromatic N) is 1. The van der Waals surface area contributed by atoms with Gasteiger partial charge in [0.2, 0.25) is 0 Å². The lowest BCUT2D eigenvalue weighted by atomic mass is 10.2. The van der Waals surface area contributed by atoms with Crippen LogP contribution in [0.5, 0.6) is 0 Å². The predicted molar refractivity (Wildman–Crippen MR) is 81.4 cm³/mol. The van der Waals surface area contributed by atoms with Crippen molar-refractivity contribution in [1.82, 2.24) is 5.32 Å². The van der Waals surface area contributed by atoms with Crippen LogP contribution in [-0.2, 0) is 0 Å². The first-order valence-corrected chi connectivity index (χ1v) is 7.33. The molecule has 0 aliphatic heterocycles. The molecule has 0 bridgehead atoms. The first-order valence-electron chi connectivity index (χ1n) is 5.74. The molecule has 5 nitrogen and oxygen atoms in total. The molecule has 0 atom stereocenters. The largest absolute Gasteiger partial charge is 0.409 e. The highest BCUT2D eigenvalue weighted by Gasteiger charge is 2.09. The second-order valence-electron chi connectivity index (χ2n) is 3.93. The number of nitrogens with two attached hydrogens (primary N) is 1. The molecule has 0 aliphatic rings. The van der Waals surface area contributed by atoms with Gasteiger partial charge >= 0.3 is 0 Å². The minimum Gasteiger partial charge on any atom is -0.409 e. The zero-order chi connectivity index (χ0) is 14.3. The molecule has 0 radical (unpaired) electrons. The molecule has 4 N–H and O–H groups in total. The summed E-state index contributed by atoms with van der Waals surface area (Å²) in [6.45, 7) is 0.556. The van der Waals surface area contributed by atoms with Gasteiger partial charge in [-0.3, -0.25) is 4.79 Å². The van der Waals surface area contributed by atoms with Crippen LogP contribution in [0.25, 0.3) is 0 Å². The van der Waals surface area contributed by atoms with Crippen molar-refractivity contribution < 1.29 is 10.0 Å². The first-order chi connectivity index (χ1) is 9.04. The molecule has 7 heteroatoms. The van der Waals surface area contributed by atoms with Crippen LogP contribution in [-0.4, -0.2) is 23.5 Å². The Labute approximate surface area is 128 Å². The third-order valence-corrected chi connectivity index (χ3v) is 3.60. The van der Waals surface area contributed by atoms with Crippen LogP contribution in [0.3, 0.4) is 0 Å². The molecule has 0 aliphatic carbocycles. The molecule has 0 spiro atoms. The van der Waals surface area contributed by atoms with Gasteiger partial charge in [-0.05, 0) is 47.0 Å². The van der Waals surface area contributed by atoms with Crippen molar-refractivity contribution in [2.45, 2.75) is 19.3 Å². The maximum Gasteiger partial charge on any atom is 0.252 e. The fraction of sp³-hybridized carbons (Fsp3) is 0.333. The molecule has 0 unspecified atom stereocenters. The van der Waals surface area contributed by atoms with E-state index in [1.54, 1.807) is 6.07 Å². The number of hydrogen-bond acceptors (Lipinski definition) is 3. The van der Waals surface area contributed by atoms with Gasteiger partial charge in [0.1, 0.15) is 5.84 Å². The topological polar surface area (TPSA) is 87.7 Å². The van der Waals surface area contributed by atoms with Gasteiger partial charge in [0.15, 0.2) is 0 Å². The van der Waals surface area contributed by atoms with Gasteiger partial charge in [0.05, 0.1) is 5.56 Å². The number of amides is 1. The molecule has 0 aromatic heterocycles. The number of unbranched alkanes of at least 4 members (excludes halogenated alkanes) is 1. The summed E-state index contributed by atoms with van der Waals surface area (Å²) in [6, 6.07) is 5.39. The molecular formula is C12H15Br2N3O2. The Balaban J connectivity index is 2.35. The number of carbonyl (C=O) groups is 1. The quantitative estimate of drug-likeness (QED) is 0.228. The van der Waals surface area contributed by atoms with E-state index in [-0.39, 0.29) is 11.7 Å². The van der Waals surface area contributed by atoms with E-state index in [1.165, 1.54) is 0 Å². The third-order valence-electron chi connectivity index (χ3n) is 2.45. The number of hydrogen-bond donors (Lipinski definition) is 3. The Kier molecular flexibility index (Phi) is 6.86. The zero-order valence-corrected chi connectivity index (χ0v) is 13.4. The predicted octanol–water partition coefficient (Wildman–Crippen LogP) is 2.86. The number of oxime groups is 1. The summed E-state index contributed by atoms with van der Waals surface area (Å²) in [7, 11) is 0. The second-order valence-corrected chi connectivity index (χ2v) is 5.70. The number of halogens is 2. The monoisotopic (exact) mass is 391 g/mol. The summed E-state index contributed by atoms with van der Waals surface area (Å²) in [6.07, 6.45) is 2.06. The van der Waals surface area contributed by atoms with Crippen molar-refractivity contribution >= 4 is 43.6 Å². The zero-order valence-electron chi connectivity index (χ0n) is 10.2. The maximum atomic E-state index is 11.9. The van der Waals surface area contributed by atoms with Crippen molar-refractivity contribution in [3.8, 4) is 0 Å². The molecule has 19 heavy (non-hydrogen) atoms. The maximum absolute atomic E-state index is 11.9. The van der Waals surface area contributed by atoms with Crippen molar-refractivity contribution in [1.29, 1.82) is 0 Å². The molecule has 1 aromatic rings. The van der Waals surface area contributed by atoms with Crippen molar-refractivity contribution in [2.75, 3.05) is 6.54 Å². The summed E-state index contributed by atoms with van der Waals surface area (Å²) in [5.74, 6) is 0.0881. The standard InChI is InChI=1S/C12H15Br2N3O2/c13-8-4-5-9(10(14)7-8)12(18)16-6-2-1-3-11(15)17-19/h4-5,7,19H,1-3,6H2,(H2,15,17)(H,16,18). The Hall–Kier alpha value is -1.08. The first kappa shape index (κ1) is 16.0. The van der Waals surface area contributed by atoms with E-state index in [9.17, 15) is 4.79 Å². The van der Waals surface area contributed by atoms with Gasteiger partial charge in [-0.25, -0.2) is 0 Å². The third kappa shape index (κ3) is 5.61. The SMILES string of the molecule is N/C(CCCCNC(=O)c1ccc(Br)cc1Br)=N/O. The highest BCUT2D eigenvalue weighted by Crippen LogP contribution is 2.21. The van der Waals surface area contributed by atoms with E-state index in [0.717, 1.165) is 21.8 Å². The highest BCUT2D eigenvalue weighted by atomic mass is 79.9. The Morgan fingerprint density at radius 1 is 1.37 bits per heavy atom. The fourth-order valence-electron chi connectivity index (χ4n) is 1.45.